The van der Waals surface area contributed by atoms with Crippen LogP contribution in [0.15, 0.2) is 29.1 Å². The van der Waals surface area contributed by atoms with E-state index < -0.39 is 0 Å². The number of hydrogen-bond acceptors (Lipinski definition) is 8. The van der Waals surface area contributed by atoms with Gasteiger partial charge in [0.2, 0.25) is 5.82 Å². The number of furan rings is 1. The monoisotopic (exact) mass is 416 g/mol. The van der Waals surface area contributed by atoms with E-state index in [1.807, 2.05) is 24.0 Å². The Balaban J connectivity index is 1.49. The summed E-state index contributed by atoms with van der Waals surface area (Å²) in [6.07, 6.45) is 3.19. The molecule has 0 unspecified atom stereocenters. The lowest BCUT2D eigenvalue weighted by atomic mass is 10.1. The third-order valence-corrected chi connectivity index (χ3v) is 5.66. The van der Waals surface area contributed by atoms with E-state index in [0.29, 0.717) is 45.9 Å². The quantitative estimate of drug-likeness (QED) is 0.639. The molecule has 162 valence electrons. The number of carbonyl (C=O) groups excluding carboxylic acids is 2. The number of esters is 1. The molecule has 10 nitrogen and oxygen atoms in total. The normalized spacial score (nSPS) is 23.1. The van der Waals surface area contributed by atoms with Gasteiger partial charge in [0.1, 0.15) is 12.1 Å². The highest BCUT2D eigenvalue weighted by molar-refractivity contribution is 5.90. The number of nitrogens with zero attached hydrogens (tertiary/aromatic N) is 6. The van der Waals surface area contributed by atoms with Crippen molar-refractivity contribution in [3.8, 4) is 0 Å². The Morgan fingerprint density at radius 1 is 1.23 bits per heavy atom. The lowest BCUT2D eigenvalue weighted by Crippen LogP contribution is -2.57. The van der Waals surface area contributed by atoms with Gasteiger partial charge in [0.05, 0.1) is 25.3 Å². The average Bonchev–Trinajstić information content (AvgIpc) is 3.35. The molecule has 2 atom stereocenters. The van der Waals surface area contributed by atoms with Crippen molar-refractivity contribution in [1.82, 2.24) is 29.5 Å². The first kappa shape index (κ1) is 20.5. The molecule has 2 saturated heterocycles. The van der Waals surface area contributed by atoms with E-state index in [4.69, 9.17) is 9.15 Å². The van der Waals surface area contributed by atoms with Crippen molar-refractivity contribution in [1.29, 1.82) is 0 Å². The molecule has 4 heterocycles. The van der Waals surface area contributed by atoms with E-state index in [1.54, 1.807) is 13.3 Å². The van der Waals surface area contributed by atoms with E-state index in [9.17, 15) is 9.59 Å². The standard InChI is InChI=1S/C20H28N6O4/c1-3-29-20(28)15-9-24(13-17-5-4-8-30-17)11-16-12-26(7-6-25(16)10-15)19(27)18-21-14-23(2)22-18/h4-5,8,14-16H,3,6-7,9-13H2,1-2H3/t15-,16+/m0/s1. The van der Waals surface area contributed by atoms with E-state index in [0.717, 1.165) is 12.3 Å². The summed E-state index contributed by atoms with van der Waals surface area (Å²) < 4.78 is 12.4. The van der Waals surface area contributed by atoms with Gasteiger partial charge in [-0.2, -0.15) is 0 Å². The van der Waals surface area contributed by atoms with Crippen LogP contribution in [-0.2, 0) is 23.1 Å². The number of rotatable bonds is 5. The zero-order chi connectivity index (χ0) is 21.1. The smallest absolute Gasteiger partial charge is 0.311 e. The Morgan fingerprint density at radius 2 is 2.10 bits per heavy atom. The maximum absolute atomic E-state index is 12.8. The molecule has 0 aliphatic carbocycles. The van der Waals surface area contributed by atoms with Gasteiger partial charge >= 0.3 is 5.97 Å². The summed E-state index contributed by atoms with van der Waals surface area (Å²) in [6.45, 7) is 6.63. The van der Waals surface area contributed by atoms with Crippen molar-refractivity contribution in [3.63, 3.8) is 0 Å². The van der Waals surface area contributed by atoms with Crippen LogP contribution < -0.4 is 0 Å². The fraction of sp³-hybridized carbons (Fsp3) is 0.600. The molecule has 2 aromatic heterocycles. The van der Waals surface area contributed by atoms with Crippen molar-refractivity contribution >= 4 is 11.9 Å². The Bertz CT molecular complexity index is 867. The fourth-order valence-electron chi connectivity index (χ4n) is 4.26. The number of aromatic nitrogens is 3. The summed E-state index contributed by atoms with van der Waals surface area (Å²) in [7, 11) is 1.75. The summed E-state index contributed by atoms with van der Waals surface area (Å²) in [5, 5.41) is 4.15. The van der Waals surface area contributed by atoms with Crippen LogP contribution >= 0.6 is 0 Å². The number of piperazine rings is 1. The summed E-state index contributed by atoms with van der Waals surface area (Å²) in [4.78, 5) is 35.8. The zero-order valence-electron chi connectivity index (χ0n) is 17.4. The SMILES string of the molecule is CCOC(=O)[C@H]1CN(Cc2ccco2)C[C@@H]2CN(C(=O)c3ncn(C)n3)CCN2C1. The van der Waals surface area contributed by atoms with Crippen molar-refractivity contribution in [2.45, 2.75) is 19.5 Å². The topological polar surface area (TPSA) is 96.9 Å². The molecular formula is C20H28N6O4. The summed E-state index contributed by atoms with van der Waals surface area (Å²) >= 11 is 0. The number of fused-ring (bicyclic) bond motifs is 1. The summed E-state index contributed by atoms with van der Waals surface area (Å²) in [5.74, 6) is 0.520. The minimum absolute atomic E-state index is 0.112. The van der Waals surface area contributed by atoms with Gasteiger partial charge in [-0.05, 0) is 19.1 Å². The molecule has 2 aliphatic heterocycles. The van der Waals surface area contributed by atoms with Gasteiger partial charge in [0, 0.05) is 52.4 Å². The van der Waals surface area contributed by atoms with Crippen LogP contribution in [0.1, 0.15) is 23.3 Å². The van der Waals surface area contributed by atoms with Gasteiger partial charge in [-0.25, -0.2) is 4.98 Å². The Morgan fingerprint density at radius 3 is 2.80 bits per heavy atom. The predicted octanol–water partition coefficient (Wildman–Crippen LogP) is 0.230. The van der Waals surface area contributed by atoms with Gasteiger partial charge in [0.15, 0.2) is 0 Å². The molecule has 0 radical (unpaired) electrons. The van der Waals surface area contributed by atoms with Crippen LogP contribution in [0.25, 0.3) is 0 Å². The maximum atomic E-state index is 12.8. The van der Waals surface area contributed by atoms with E-state index >= 15 is 0 Å². The first-order valence-corrected chi connectivity index (χ1v) is 10.3. The summed E-state index contributed by atoms with van der Waals surface area (Å²) in [6, 6.07) is 3.91. The highest BCUT2D eigenvalue weighted by Crippen LogP contribution is 2.22. The molecule has 2 aliphatic rings. The third-order valence-electron chi connectivity index (χ3n) is 5.66. The van der Waals surface area contributed by atoms with Gasteiger partial charge in [-0.1, -0.05) is 0 Å². The highest BCUT2D eigenvalue weighted by atomic mass is 16.5. The molecular weight excluding hydrogens is 388 g/mol. The van der Waals surface area contributed by atoms with E-state index in [2.05, 4.69) is 19.9 Å². The average molecular weight is 416 g/mol. The molecule has 0 spiro atoms. The number of carbonyl (C=O) groups is 2. The van der Waals surface area contributed by atoms with Crippen LogP contribution in [-0.4, -0.2) is 93.3 Å². The number of aryl methyl sites for hydroxylation is 1. The lowest BCUT2D eigenvalue weighted by Gasteiger charge is -2.41. The predicted molar refractivity (Wildman–Crippen MR) is 106 cm³/mol. The van der Waals surface area contributed by atoms with Gasteiger partial charge in [0.25, 0.3) is 5.91 Å². The molecule has 4 rings (SSSR count). The second kappa shape index (κ2) is 8.97. The maximum Gasteiger partial charge on any atom is 0.311 e. The van der Waals surface area contributed by atoms with Gasteiger partial charge < -0.3 is 14.1 Å². The van der Waals surface area contributed by atoms with E-state index in [1.165, 1.54) is 11.0 Å². The molecule has 0 bridgehead atoms. The largest absolute Gasteiger partial charge is 0.468 e. The number of hydrogen-bond donors (Lipinski definition) is 0. The molecule has 30 heavy (non-hydrogen) atoms. The summed E-state index contributed by atoms with van der Waals surface area (Å²) in [5.41, 5.74) is 0. The van der Waals surface area contributed by atoms with Gasteiger partial charge in [-0.15, -0.1) is 5.10 Å². The van der Waals surface area contributed by atoms with Gasteiger partial charge in [-0.3, -0.25) is 24.1 Å². The molecule has 10 heteroatoms. The van der Waals surface area contributed by atoms with Crippen LogP contribution in [0.4, 0.5) is 0 Å². The Hall–Kier alpha value is -2.72. The van der Waals surface area contributed by atoms with Crippen LogP contribution in [0.2, 0.25) is 0 Å². The van der Waals surface area contributed by atoms with E-state index in [-0.39, 0.29) is 29.7 Å². The van der Waals surface area contributed by atoms with Crippen molar-refractivity contribution in [3.05, 3.63) is 36.3 Å². The third kappa shape index (κ3) is 4.54. The first-order chi connectivity index (χ1) is 14.5. The van der Waals surface area contributed by atoms with Crippen molar-refractivity contribution in [2.75, 3.05) is 45.9 Å². The van der Waals surface area contributed by atoms with Crippen LogP contribution in [0.5, 0.6) is 0 Å². The Labute approximate surface area is 175 Å². The first-order valence-electron chi connectivity index (χ1n) is 10.3. The molecule has 2 aromatic rings. The molecule has 2 fully saturated rings. The second-order valence-electron chi connectivity index (χ2n) is 7.86. The number of ether oxygens (including phenoxy) is 1. The molecule has 0 aromatic carbocycles. The second-order valence-corrected chi connectivity index (χ2v) is 7.86. The van der Waals surface area contributed by atoms with Crippen molar-refractivity contribution in [2.24, 2.45) is 13.0 Å². The highest BCUT2D eigenvalue weighted by Gasteiger charge is 2.38. The fourth-order valence-corrected chi connectivity index (χ4v) is 4.26. The van der Waals surface area contributed by atoms with Crippen LogP contribution in [0, 0.1) is 5.92 Å². The Kier molecular flexibility index (Phi) is 6.14. The van der Waals surface area contributed by atoms with Crippen molar-refractivity contribution < 1.29 is 18.7 Å². The molecule has 0 saturated carbocycles. The molecule has 0 N–H and O–H groups in total. The number of amides is 1. The molecule has 1 amide bonds. The minimum atomic E-state index is -0.232. The zero-order valence-corrected chi connectivity index (χ0v) is 17.4. The van der Waals surface area contributed by atoms with Crippen LogP contribution in [0.3, 0.4) is 0 Å². The minimum Gasteiger partial charge on any atom is -0.468 e. The lowest BCUT2D eigenvalue weighted by molar-refractivity contribution is -0.149.